The topological polar surface area (TPSA) is 80.0 Å². The molecule has 0 aliphatic carbocycles. The van der Waals surface area contributed by atoms with Crippen LogP contribution in [0, 0.1) is 5.92 Å². The van der Waals surface area contributed by atoms with Gasteiger partial charge in [-0.05, 0) is 33.6 Å². The van der Waals surface area contributed by atoms with Crippen molar-refractivity contribution in [2.24, 2.45) is 16.6 Å². The van der Waals surface area contributed by atoms with Crippen LogP contribution < -0.4 is 11.2 Å². The van der Waals surface area contributed by atoms with Crippen LogP contribution in [-0.4, -0.2) is 29.1 Å². The first-order valence-corrected chi connectivity index (χ1v) is 7.43. The summed E-state index contributed by atoms with van der Waals surface area (Å²) >= 11 is 5.78. The van der Waals surface area contributed by atoms with Crippen LogP contribution >= 0.6 is 11.6 Å². The number of carbonyl (C=O) groups is 1. The Morgan fingerprint density at radius 3 is 2.41 bits per heavy atom. The normalized spacial score (nSPS) is 13.1. The minimum absolute atomic E-state index is 0.0935. The molecule has 7 heteroatoms. The van der Waals surface area contributed by atoms with Crippen LogP contribution in [0.5, 0.6) is 0 Å². The zero-order valence-electron chi connectivity index (χ0n) is 14.2. The minimum atomic E-state index is -0.597. The van der Waals surface area contributed by atoms with Gasteiger partial charge < -0.3 is 10.5 Å². The lowest BCUT2D eigenvalue weighted by atomic mass is 10.2. The molecular weight excluding hydrogens is 304 g/mol. The molecule has 0 spiro atoms. The van der Waals surface area contributed by atoms with Crippen molar-refractivity contribution in [1.82, 2.24) is 10.4 Å². The maximum atomic E-state index is 12.0. The number of amides is 1. The van der Waals surface area contributed by atoms with Gasteiger partial charge in [-0.25, -0.2) is 15.2 Å². The number of nitrogens with zero attached hydrogens (tertiary/aromatic N) is 2. The maximum Gasteiger partial charge on any atom is 0.426 e. The third-order valence-electron chi connectivity index (χ3n) is 2.26. The monoisotopic (exact) mass is 330 g/mol. The number of hydrazine groups is 1. The fourth-order valence-electron chi connectivity index (χ4n) is 1.51. The van der Waals surface area contributed by atoms with E-state index in [2.05, 4.69) is 17.0 Å². The number of hydrogen-bond donors (Lipinski definition) is 2. The molecule has 0 bridgehead atoms. The van der Waals surface area contributed by atoms with Crippen molar-refractivity contribution in [1.29, 1.82) is 0 Å². The Kier molecular flexibility index (Phi) is 8.01. The highest BCUT2D eigenvalue weighted by Gasteiger charge is 2.22. The summed E-state index contributed by atoms with van der Waals surface area (Å²) in [4.78, 5) is 16.2. The highest BCUT2D eigenvalue weighted by Crippen LogP contribution is 2.11. The van der Waals surface area contributed by atoms with Gasteiger partial charge in [0, 0.05) is 18.3 Å². The number of rotatable bonds is 4. The number of aliphatic imine (C=N–C) groups is 1. The SMILES string of the molecule is C=C(Cl)N=C(/C(C)=C\N)N(CC(C)C)NC(=O)OC(C)(C)C. The molecule has 0 aliphatic rings. The van der Waals surface area contributed by atoms with E-state index in [0.717, 1.165) is 0 Å². The number of amidine groups is 1. The smallest absolute Gasteiger partial charge is 0.426 e. The average Bonchev–Trinajstić information content (AvgIpc) is 2.31. The van der Waals surface area contributed by atoms with Gasteiger partial charge in [0.2, 0.25) is 0 Å². The Bertz CT molecular complexity index is 465. The minimum Gasteiger partial charge on any atom is -0.443 e. The lowest BCUT2D eigenvalue weighted by molar-refractivity contribution is 0.0408. The fourth-order valence-corrected chi connectivity index (χ4v) is 1.59. The third-order valence-corrected chi connectivity index (χ3v) is 2.34. The second-order valence-corrected chi connectivity index (χ2v) is 6.72. The number of ether oxygens (including phenoxy) is 1. The predicted molar refractivity (Wildman–Crippen MR) is 91.3 cm³/mol. The molecular formula is C15H27ClN4O2. The van der Waals surface area contributed by atoms with E-state index in [-0.39, 0.29) is 11.1 Å². The first-order valence-electron chi connectivity index (χ1n) is 7.05. The molecule has 0 aromatic carbocycles. The highest BCUT2D eigenvalue weighted by molar-refractivity contribution is 6.30. The summed E-state index contributed by atoms with van der Waals surface area (Å²) < 4.78 is 5.27. The van der Waals surface area contributed by atoms with Gasteiger partial charge in [-0.1, -0.05) is 32.0 Å². The number of nitrogens with one attached hydrogen (secondary N) is 1. The highest BCUT2D eigenvalue weighted by atomic mass is 35.5. The van der Waals surface area contributed by atoms with Gasteiger partial charge in [0.1, 0.15) is 10.8 Å². The second kappa shape index (κ2) is 8.68. The molecule has 0 aliphatic heterocycles. The van der Waals surface area contributed by atoms with E-state index < -0.39 is 11.7 Å². The van der Waals surface area contributed by atoms with Gasteiger partial charge in [-0.15, -0.1) is 0 Å². The Hall–Kier alpha value is -1.69. The Balaban J connectivity index is 5.40. The molecule has 0 heterocycles. The van der Waals surface area contributed by atoms with Crippen molar-refractivity contribution in [3.05, 3.63) is 23.5 Å². The lowest BCUT2D eigenvalue weighted by Gasteiger charge is -2.30. The summed E-state index contributed by atoms with van der Waals surface area (Å²) in [5.74, 6) is 0.677. The quantitative estimate of drug-likeness (QED) is 0.358. The van der Waals surface area contributed by atoms with Crippen LogP contribution in [0.25, 0.3) is 0 Å². The van der Waals surface area contributed by atoms with E-state index in [9.17, 15) is 4.79 Å². The van der Waals surface area contributed by atoms with Crippen molar-refractivity contribution in [3.8, 4) is 0 Å². The first kappa shape index (κ1) is 20.3. The van der Waals surface area contributed by atoms with Crippen molar-refractivity contribution in [3.63, 3.8) is 0 Å². The molecule has 6 nitrogen and oxygen atoms in total. The molecule has 0 unspecified atom stereocenters. The van der Waals surface area contributed by atoms with E-state index in [1.807, 2.05) is 13.8 Å². The summed E-state index contributed by atoms with van der Waals surface area (Å²) in [5, 5.41) is 1.65. The number of halogens is 1. The Morgan fingerprint density at radius 1 is 1.50 bits per heavy atom. The number of nitrogens with two attached hydrogens (primary N) is 1. The summed E-state index contributed by atoms with van der Waals surface area (Å²) in [6.07, 6.45) is 0.814. The molecule has 0 radical (unpaired) electrons. The van der Waals surface area contributed by atoms with Crippen molar-refractivity contribution in [2.45, 2.75) is 47.1 Å². The Labute approximate surface area is 138 Å². The van der Waals surface area contributed by atoms with E-state index in [1.54, 1.807) is 32.7 Å². The van der Waals surface area contributed by atoms with Crippen LogP contribution in [0.4, 0.5) is 4.79 Å². The number of carbonyl (C=O) groups excluding carboxylic acids is 1. The van der Waals surface area contributed by atoms with E-state index >= 15 is 0 Å². The van der Waals surface area contributed by atoms with Crippen LogP contribution in [0.3, 0.4) is 0 Å². The third kappa shape index (κ3) is 8.56. The summed E-state index contributed by atoms with van der Waals surface area (Å²) in [6.45, 7) is 15.2. The van der Waals surface area contributed by atoms with Crippen molar-refractivity contribution >= 4 is 23.5 Å². The molecule has 0 saturated heterocycles. The fraction of sp³-hybridized carbons (Fsp3) is 0.600. The van der Waals surface area contributed by atoms with Crippen LogP contribution in [-0.2, 0) is 4.74 Å². The van der Waals surface area contributed by atoms with Crippen molar-refractivity contribution in [2.75, 3.05) is 6.54 Å². The average molecular weight is 331 g/mol. The molecule has 3 N–H and O–H groups in total. The molecule has 0 atom stereocenters. The summed E-state index contributed by atoms with van der Waals surface area (Å²) in [6, 6.07) is 0. The molecule has 0 aromatic heterocycles. The largest absolute Gasteiger partial charge is 0.443 e. The maximum absolute atomic E-state index is 12.0. The Morgan fingerprint density at radius 2 is 2.05 bits per heavy atom. The molecule has 0 fully saturated rings. The molecule has 1 amide bonds. The van der Waals surface area contributed by atoms with Crippen LogP contribution in [0.1, 0.15) is 41.5 Å². The first-order chi connectivity index (χ1) is 9.96. The van der Waals surface area contributed by atoms with Crippen LogP contribution in [0.15, 0.2) is 28.5 Å². The lowest BCUT2D eigenvalue weighted by Crippen LogP contribution is -2.50. The molecule has 0 aromatic rings. The van der Waals surface area contributed by atoms with Gasteiger partial charge in [0.25, 0.3) is 0 Å². The van der Waals surface area contributed by atoms with Gasteiger partial charge >= 0.3 is 6.09 Å². The van der Waals surface area contributed by atoms with Gasteiger partial charge in [-0.3, -0.25) is 5.01 Å². The van der Waals surface area contributed by atoms with Gasteiger partial charge in [0.05, 0.1) is 0 Å². The van der Waals surface area contributed by atoms with E-state index in [4.69, 9.17) is 22.1 Å². The summed E-state index contributed by atoms with van der Waals surface area (Å²) in [5.41, 5.74) is 8.29. The second-order valence-electron chi connectivity index (χ2n) is 6.28. The molecule has 126 valence electrons. The zero-order chi connectivity index (χ0) is 17.5. The van der Waals surface area contributed by atoms with Gasteiger partial charge in [0.15, 0.2) is 5.84 Å². The van der Waals surface area contributed by atoms with E-state index in [1.165, 1.54) is 6.20 Å². The number of hydrogen-bond acceptors (Lipinski definition) is 4. The predicted octanol–water partition coefficient (Wildman–Crippen LogP) is 3.36. The molecule has 0 saturated carbocycles. The zero-order valence-corrected chi connectivity index (χ0v) is 15.0. The molecule has 22 heavy (non-hydrogen) atoms. The van der Waals surface area contributed by atoms with Crippen molar-refractivity contribution < 1.29 is 9.53 Å². The van der Waals surface area contributed by atoms with Crippen LogP contribution in [0.2, 0.25) is 0 Å². The standard InChI is InChI=1S/C15H27ClN4O2/c1-10(2)9-20(19-14(21)22-15(5,6)7)13(11(3)8-17)18-12(4)16/h8,10H,4,9,17H2,1-3,5-7H3,(H,19,21)/b11-8-,18-13?. The van der Waals surface area contributed by atoms with E-state index in [0.29, 0.717) is 18.0 Å². The molecule has 0 rings (SSSR count). The van der Waals surface area contributed by atoms with Gasteiger partial charge in [-0.2, -0.15) is 0 Å². The summed E-state index contributed by atoms with van der Waals surface area (Å²) in [7, 11) is 0.